The van der Waals surface area contributed by atoms with Gasteiger partial charge in [0.1, 0.15) is 11.6 Å². The lowest BCUT2D eigenvalue weighted by Crippen LogP contribution is -2.31. The second kappa shape index (κ2) is 4.53. The minimum Gasteiger partial charge on any atom is -0.312 e. The van der Waals surface area contributed by atoms with E-state index in [0.717, 1.165) is 24.2 Å². The highest BCUT2D eigenvalue weighted by Crippen LogP contribution is 2.22. The molecule has 90 valence electrons. The summed E-state index contributed by atoms with van der Waals surface area (Å²) in [6.45, 7) is 9.49. The van der Waals surface area contributed by atoms with Crippen LogP contribution in [0.25, 0.3) is 0 Å². The van der Waals surface area contributed by atoms with Gasteiger partial charge in [-0.15, -0.1) is 0 Å². The summed E-state index contributed by atoms with van der Waals surface area (Å²) in [6, 6.07) is 1.17. The largest absolute Gasteiger partial charge is 0.312 e. The van der Waals surface area contributed by atoms with E-state index in [2.05, 4.69) is 33.9 Å². The molecule has 0 bridgehead atoms. The van der Waals surface area contributed by atoms with E-state index >= 15 is 0 Å². The number of hydrogen-bond acceptors (Lipinski definition) is 3. The van der Waals surface area contributed by atoms with Crippen molar-refractivity contribution in [3.05, 3.63) is 11.6 Å². The minimum absolute atomic E-state index is 0.418. The van der Waals surface area contributed by atoms with Gasteiger partial charge in [0.05, 0.1) is 6.04 Å². The third-order valence-electron chi connectivity index (χ3n) is 3.18. The van der Waals surface area contributed by atoms with E-state index in [4.69, 9.17) is 0 Å². The molecule has 16 heavy (non-hydrogen) atoms. The molecule has 1 atom stereocenters. The molecule has 1 aliphatic rings. The van der Waals surface area contributed by atoms with Crippen LogP contribution in [-0.2, 0) is 0 Å². The number of aromatic nitrogens is 3. The Hall–Kier alpha value is -0.900. The molecule has 0 aliphatic heterocycles. The summed E-state index contributed by atoms with van der Waals surface area (Å²) in [4.78, 5) is 4.38. The first-order valence-electron chi connectivity index (χ1n) is 6.21. The van der Waals surface area contributed by atoms with Gasteiger partial charge in [-0.3, -0.25) is 0 Å². The number of hydrogen-bond donors (Lipinski definition) is 1. The molecule has 4 heteroatoms. The molecule has 0 aromatic carbocycles. The zero-order valence-corrected chi connectivity index (χ0v) is 10.7. The lowest BCUT2D eigenvalue weighted by atomic mass is 10.0. The van der Waals surface area contributed by atoms with Crippen LogP contribution >= 0.6 is 0 Å². The Morgan fingerprint density at radius 2 is 2.06 bits per heavy atom. The summed E-state index contributed by atoms with van der Waals surface area (Å²) in [5, 5.41) is 8.08. The molecule has 0 radical (unpaired) electrons. The zero-order chi connectivity index (χ0) is 11.7. The summed E-state index contributed by atoms with van der Waals surface area (Å²) in [7, 11) is 0. The molecule has 1 unspecified atom stereocenters. The van der Waals surface area contributed by atoms with Crippen molar-refractivity contribution in [1.29, 1.82) is 0 Å². The molecule has 0 saturated heterocycles. The first-order chi connectivity index (χ1) is 7.58. The standard InChI is InChI=1S/C12H22N4/c1-8(2)12(7-13-11-5-6-11)16-10(4)14-9(3)15-16/h8,11-13H,5-7H2,1-4H3. The third-order valence-corrected chi connectivity index (χ3v) is 3.18. The first kappa shape index (κ1) is 11.6. The molecular weight excluding hydrogens is 200 g/mol. The maximum absolute atomic E-state index is 4.50. The van der Waals surface area contributed by atoms with E-state index in [-0.39, 0.29) is 0 Å². The van der Waals surface area contributed by atoms with E-state index in [1.807, 2.05) is 13.8 Å². The van der Waals surface area contributed by atoms with Gasteiger partial charge in [0.2, 0.25) is 0 Å². The lowest BCUT2D eigenvalue weighted by molar-refractivity contribution is 0.322. The van der Waals surface area contributed by atoms with Gasteiger partial charge in [-0.2, -0.15) is 5.10 Å². The Bertz CT molecular complexity index is 352. The number of nitrogens with zero attached hydrogens (tertiary/aromatic N) is 3. The predicted molar refractivity (Wildman–Crippen MR) is 64.4 cm³/mol. The molecular formula is C12H22N4. The van der Waals surface area contributed by atoms with E-state index in [1.54, 1.807) is 0 Å². The van der Waals surface area contributed by atoms with Crippen molar-refractivity contribution < 1.29 is 0 Å². The predicted octanol–water partition coefficient (Wildman–Crippen LogP) is 1.84. The van der Waals surface area contributed by atoms with Gasteiger partial charge in [-0.25, -0.2) is 9.67 Å². The maximum Gasteiger partial charge on any atom is 0.147 e. The van der Waals surface area contributed by atoms with Crippen LogP contribution in [0.1, 0.15) is 44.4 Å². The summed E-state index contributed by atoms with van der Waals surface area (Å²) < 4.78 is 2.08. The molecule has 1 aromatic rings. The molecule has 1 heterocycles. The van der Waals surface area contributed by atoms with Crippen molar-refractivity contribution in [3.8, 4) is 0 Å². The molecule has 1 aliphatic carbocycles. The van der Waals surface area contributed by atoms with Crippen molar-refractivity contribution in [3.63, 3.8) is 0 Å². The van der Waals surface area contributed by atoms with Crippen molar-refractivity contribution in [1.82, 2.24) is 20.1 Å². The van der Waals surface area contributed by atoms with Crippen molar-refractivity contribution >= 4 is 0 Å². The van der Waals surface area contributed by atoms with Crippen LogP contribution in [0, 0.1) is 19.8 Å². The molecule has 2 rings (SSSR count). The van der Waals surface area contributed by atoms with E-state index in [0.29, 0.717) is 12.0 Å². The molecule has 0 spiro atoms. The average Bonchev–Trinajstić information content (AvgIpc) is 2.94. The Balaban J connectivity index is 2.07. The van der Waals surface area contributed by atoms with Gasteiger partial charge in [-0.05, 0) is 32.6 Å². The highest BCUT2D eigenvalue weighted by atomic mass is 15.4. The molecule has 4 nitrogen and oxygen atoms in total. The minimum atomic E-state index is 0.418. The molecule has 1 saturated carbocycles. The van der Waals surface area contributed by atoms with Crippen LogP contribution < -0.4 is 5.32 Å². The van der Waals surface area contributed by atoms with Crippen molar-refractivity contribution in [2.24, 2.45) is 5.92 Å². The van der Waals surface area contributed by atoms with Crippen molar-refractivity contribution in [2.45, 2.75) is 52.6 Å². The monoisotopic (exact) mass is 222 g/mol. The Labute approximate surface area is 97.5 Å². The van der Waals surface area contributed by atoms with Crippen LogP contribution in [0.2, 0.25) is 0 Å². The average molecular weight is 222 g/mol. The van der Waals surface area contributed by atoms with Crippen LogP contribution in [0.3, 0.4) is 0 Å². The van der Waals surface area contributed by atoms with Crippen LogP contribution in [0.5, 0.6) is 0 Å². The normalized spacial score (nSPS) is 18.1. The highest BCUT2D eigenvalue weighted by molar-refractivity contribution is 4.92. The Kier molecular flexibility index (Phi) is 3.28. The molecule has 1 N–H and O–H groups in total. The molecule has 1 aromatic heterocycles. The smallest absolute Gasteiger partial charge is 0.147 e. The highest BCUT2D eigenvalue weighted by Gasteiger charge is 2.25. The lowest BCUT2D eigenvalue weighted by Gasteiger charge is -2.22. The van der Waals surface area contributed by atoms with Crippen LogP contribution in [-0.4, -0.2) is 27.4 Å². The Morgan fingerprint density at radius 1 is 1.38 bits per heavy atom. The fourth-order valence-electron chi connectivity index (χ4n) is 2.03. The number of aryl methyl sites for hydroxylation is 2. The fraction of sp³-hybridized carbons (Fsp3) is 0.833. The quantitative estimate of drug-likeness (QED) is 0.826. The van der Waals surface area contributed by atoms with Crippen LogP contribution in [0.4, 0.5) is 0 Å². The Morgan fingerprint density at radius 3 is 2.50 bits per heavy atom. The summed E-state index contributed by atoms with van der Waals surface area (Å²) in [5.74, 6) is 2.47. The number of rotatable bonds is 5. The second-order valence-corrected chi connectivity index (χ2v) is 5.14. The summed E-state index contributed by atoms with van der Waals surface area (Å²) >= 11 is 0. The fourth-order valence-corrected chi connectivity index (χ4v) is 2.03. The van der Waals surface area contributed by atoms with E-state index < -0.39 is 0 Å². The van der Waals surface area contributed by atoms with Gasteiger partial charge >= 0.3 is 0 Å². The van der Waals surface area contributed by atoms with Gasteiger partial charge in [0.25, 0.3) is 0 Å². The van der Waals surface area contributed by atoms with Gasteiger partial charge < -0.3 is 5.32 Å². The SMILES string of the molecule is Cc1nc(C)n(C(CNC2CC2)C(C)C)n1. The summed E-state index contributed by atoms with van der Waals surface area (Å²) in [5.41, 5.74) is 0. The molecule has 0 amide bonds. The van der Waals surface area contributed by atoms with Crippen molar-refractivity contribution in [2.75, 3.05) is 6.54 Å². The zero-order valence-electron chi connectivity index (χ0n) is 10.7. The maximum atomic E-state index is 4.50. The van der Waals surface area contributed by atoms with E-state index in [9.17, 15) is 0 Å². The van der Waals surface area contributed by atoms with Gasteiger partial charge in [0, 0.05) is 12.6 Å². The van der Waals surface area contributed by atoms with E-state index in [1.165, 1.54) is 12.8 Å². The van der Waals surface area contributed by atoms with Gasteiger partial charge in [-0.1, -0.05) is 13.8 Å². The topological polar surface area (TPSA) is 42.7 Å². The van der Waals surface area contributed by atoms with Gasteiger partial charge in [0.15, 0.2) is 0 Å². The van der Waals surface area contributed by atoms with Crippen LogP contribution in [0.15, 0.2) is 0 Å². The first-order valence-corrected chi connectivity index (χ1v) is 6.21. The molecule has 1 fully saturated rings. The number of nitrogens with one attached hydrogen (secondary N) is 1. The second-order valence-electron chi connectivity index (χ2n) is 5.14. The summed E-state index contributed by atoms with van der Waals surface area (Å²) in [6.07, 6.45) is 2.67. The third kappa shape index (κ3) is 2.61.